The summed E-state index contributed by atoms with van der Waals surface area (Å²) in [5, 5.41) is 41.4. The number of phosphoric ester groups is 2. The van der Waals surface area contributed by atoms with Crippen molar-refractivity contribution in [2.75, 3.05) is 13.2 Å². The van der Waals surface area contributed by atoms with E-state index in [2.05, 4.69) is 23.3 Å². The molecule has 6 heterocycles. The van der Waals surface area contributed by atoms with Gasteiger partial charge in [0.15, 0.2) is 23.6 Å². The molecule has 10 atom stereocenters. The van der Waals surface area contributed by atoms with Gasteiger partial charge in [-0.25, -0.2) is 19.1 Å². The Morgan fingerprint density at radius 1 is 0.800 bits per heavy atom. The molecule has 18 nitrogen and oxygen atoms in total. The van der Waals surface area contributed by atoms with Crippen LogP contribution in [0.15, 0.2) is 17.4 Å². The predicted molar refractivity (Wildman–Crippen MR) is 106 cm³/mol. The number of nitrogens with zero attached hydrogens (tertiary/aromatic N) is 4. The highest BCUT2D eigenvalue weighted by Crippen LogP contribution is 2.60. The van der Waals surface area contributed by atoms with E-state index in [-0.39, 0.29) is 11.2 Å². The Bertz CT molecular complexity index is 1280. The Hall–Kier alpha value is -1.63. The molecule has 0 spiro atoms. The third kappa shape index (κ3) is 4.40. The normalized spacial score (nSPS) is 44.6. The maximum absolute atomic E-state index is 13.0. The van der Waals surface area contributed by atoms with Gasteiger partial charge in [-0.2, -0.15) is 4.31 Å². The topological polar surface area (TPSA) is 254 Å². The Kier molecular flexibility index (Phi) is 6.25. The van der Waals surface area contributed by atoms with Gasteiger partial charge in [-0.1, -0.05) is 0 Å². The average molecular weight is 542 g/mol. The molecule has 20 heteroatoms. The van der Waals surface area contributed by atoms with E-state index >= 15 is 0 Å². The van der Waals surface area contributed by atoms with Crippen LogP contribution in [0.4, 0.5) is 0 Å². The van der Waals surface area contributed by atoms with Gasteiger partial charge >= 0.3 is 15.6 Å². The third-order valence-corrected chi connectivity index (χ3v) is 8.34. The number of aliphatic hydroxyl groups excluding tert-OH is 4. The number of imidazole rings is 1. The molecule has 2 aromatic heterocycles. The van der Waals surface area contributed by atoms with Gasteiger partial charge in [-0.3, -0.25) is 23.0 Å². The molecule has 2 saturated heterocycles. The van der Waals surface area contributed by atoms with Gasteiger partial charge in [0.1, 0.15) is 43.0 Å². The van der Waals surface area contributed by atoms with Crippen molar-refractivity contribution in [1.29, 1.82) is 0 Å². The molecule has 2 aromatic rings. The maximum Gasteiger partial charge on any atom is 0.481 e. The summed E-state index contributed by atoms with van der Waals surface area (Å²) in [6.45, 7) is -1.77. The second-order valence-corrected chi connectivity index (χ2v) is 11.0. The molecule has 4 aliphatic heterocycles. The summed E-state index contributed by atoms with van der Waals surface area (Å²) >= 11 is 0. The molecular weight excluding hydrogens is 522 g/mol. The van der Waals surface area contributed by atoms with Crippen molar-refractivity contribution in [2.24, 2.45) is 0 Å². The van der Waals surface area contributed by atoms with Crippen molar-refractivity contribution in [3.05, 3.63) is 23.0 Å². The van der Waals surface area contributed by atoms with Crippen LogP contribution >= 0.6 is 15.6 Å². The number of aromatic nitrogens is 4. The molecule has 2 fully saturated rings. The second kappa shape index (κ2) is 8.74. The van der Waals surface area contributed by atoms with Crippen LogP contribution in [0.25, 0.3) is 11.2 Å². The Labute approximate surface area is 194 Å². The third-order valence-electron chi connectivity index (χ3n) is 5.74. The van der Waals surface area contributed by atoms with Gasteiger partial charge in [0, 0.05) is 0 Å². The van der Waals surface area contributed by atoms with Gasteiger partial charge in [0.05, 0.1) is 19.5 Å². The molecule has 8 bridgehead atoms. The highest BCUT2D eigenvalue weighted by Gasteiger charge is 2.48. The smallest absolute Gasteiger partial charge is 0.387 e. The van der Waals surface area contributed by atoms with E-state index in [0.29, 0.717) is 0 Å². The lowest BCUT2D eigenvalue weighted by Crippen LogP contribution is -2.36. The summed E-state index contributed by atoms with van der Waals surface area (Å²) in [5.74, 6) is 0. The highest BCUT2D eigenvalue weighted by atomic mass is 31.3. The Morgan fingerprint density at radius 3 is 1.83 bits per heavy atom. The minimum atomic E-state index is -5.29. The van der Waals surface area contributed by atoms with E-state index in [1.807, 2.05) is 0 Å². The second-order valence-electron chi connectivity index (χ2n) is 7.98. The molecule has 4 unspecified atom stereocenters. The van der Waals surface area contributed by atoms with Crippen molar-refractivity contribution < 1.29 is 62.2 Å². The summed E-state index contributed by atoms with van der Waals surface area (Å²) in [6, 6.07) is 0. The average Bonchev–Trinajstić information content (AvgIpc) is 3.41. The lowest BCUT2D eigenvalue weighted by molar-refractivity contribution is -0.0561. The largest absolute Gasteiger partial charge is 0.481 e. The Morgan fingerprint density at radius 2 is 1.29 bits per heavy atom. The number of fused-ring (bicyclic) bond motifs is 7. The number of aliphatic hydroxyl groups is 4. The van der Waals surface area contributed by atoms with Gasteiger partial charge in [0.25, 0.3) is 5.56 Å². The zero-order valence-electron chi connectivity index (χ0n) is 17.3. The summed E-state index contributed by atoms with van der Waals surface area (Å²) in [7, 11) is -10.6. The van der Waals surface area contributed by atoms with E-state index in [1.54, 1.807) is 0 Å². The number of hydrogen-bond donors (Lipinski definition) is 6. The molecule has 4 aliphatic rings. The van der Waals surface area contributed by atoms with E-state index < -0.39 is 83.5 Å². The first kappa shape index (κ1) is 25.0. The van der Waals surface area contributed by atoms with Crippen LogP contribution in [0.1, 0.15) is 12.5 Å². The molecule has 0 saturated carbocycles. The fourth-order valence-electron chi connectivity index (χ4n) is 4.00. The summed E-state index contributed by atoms with van der Waals surface area (Å²) in [6.07, 6.45) is -10.4. The summed E-state index contributed by atoms with van der Waals surface area (Å²) in [5.41, 5.74) is -1.12. The predicted octanol–water partition coefficient (Wildman–Crippen LogP) is -2.90. The van der Waals surface area contributed by atoms with Crippen LogP contribution < -0.4 is 5.56 Å². The number of hydrogen-bond acceptors (Lipinski definition) is 14. The van der Waals surface area contributed by atoms with Crippen LogP contribution in [0.5, 0.6) is 0 Å². The first-order valence-corrected chi connectivity index (χ1v) is 13.0. The van der Waals surface area contributed by atoms with Gasteiger partial charge in [0.2, 0.25) is 0 Å². The van der Waals surface area contributed by atoms with Crippen LogP contribution in [-0.2, 0) is 32.0 Å². The van der Waals surface area contributed by atoms with E-state index in [1.165, 1.54) is 0 Å². The number of rotatable bonds is 0. The van der Waals surface area contributed by atoms with Gasteiger partial charge in [-0.15, -0.1) is 0 Å². The standard InChI is InChI=1S/C15H20N4O14P2/c20-8-5-1-29-34(25,26)33-35(27,28)30-2-6-9(21)11(23)15(32-6)19-4-17-12-7(13(19)24)16-3-18(12)14(31-5)10(8)22/h3-6,8-11,14-15,20-23H,1-2H2,(H,25,26)(H,27,28)/t5?,6-,8?,9-,10-,11-,14-,15-/m1/s1. The van der Waals surface area contributed by atoms with Crippen LogP contribution in [0, 0.1) is 0 Å². The van der Waals surface area contributed by atoms with E-state index in [4.69, 9.17) is 9.47 Å². The fourth-order valence-corrected chi connectivity index (χ4v) is 6.09. The molecular formula is C15H20N4O14P2. The monoisotopic (exact) mass is 542 g/mol. The number of phosphoric acid groups is 2. The summed E-state index contributed by atoms with van der Waals surface area (Å²) in [4.78, 5) is 40.7. The first-order chi connectivity index (χ1) is 16.4. The molecule has 194 valence electrons. The van der Waals surface area contributed by atoms with Crippen molar-refractivity contribution >= 4 is 26.8 Å². The van der Waals surface area contributed by atoms with Gasteiger partial charge < -0.3 is 39.7 Å². The fraction of sp³-hybridized carbons (Fsp3) is 0.667. The van der Waals surface area contributed by atoms with Crippen LogP contribution in [0.2, 0.25) is 0 Å². The van der Waals surface area contributed by atoms with Crippen molar-refractivity contribution in [2.45, 2.75) is 49.1 Å². The first-order valence-electron chi connectivity index (χ1n) is 10.0. The van der Waals surface area contributed by atoms with E-state index in [9.17, 15) is 44.1 Å². The number of ether oxygens (including phenoxy) is 2. The lowest BCUT2D eigenvalue weighted by atomic mass is 10.1. The maximum atomic E-state index is 13.0. The molecule has 0 radical (unpaired) electrons. The molecule has 0 amide bonds. The molecule has 35 heavy (non-hydrogen) atoms. The van der Waals surface area contributed by atoms with Crippen molar-refractivity contribution in [1.82, 2.24) is 19.1 Å². The minimum Gasteiger partial charge on any atom is -0.387 e. The lowest BCUT2D eigenvalue weighted by Gasteiger charge is -2.21. The molecule has 0 aromatic carbocycles. The SMILES string of the molecule is O=c1c2ncn3c2ncn1[C@@H]1O[C@H](COP(=O)(O)OP(=O)(O)OCC2O[C@@H]3[C@H](O)C2O)[C@@H](O)[C@H]1O. The highest BCUT2D eigenvalue weighted by molar-refractivity contribution is 7.61. The zero-order valence-corrected chi connectivity index (χ0v) is 19.1. The molecule has 6 N–H and O–H groups in total. The zero-order chi connectivity index (χ0) is 25.3. The van der Waals surface area contributed by atoms with Crippen LogP contribution in [0.3, 0.4) is 0 Å². The molecule has 0 aliphatic carbocycles. The van der Waals surface area contributed by atoms with Crippen LogP contribution in [-0.4, -0.2) is 99.2 Å². The van der Waals surface area contributed by atoms with E-state index in [0.717, 1.165) is 21.8 Å². The molecule has 6 rings (SSSR count). The quantitative estimate of drug-likeness (QED) is 0.182. The minimum absolute atomic E-state index is 0.0736. The Balaban J connectivity index is 1.58. The van der Waals surface area contributed by atoms with Gasteiger partial charge in [-0.05, 0) is 0 Å². The van der Waals surface area contributed by atoms with Crippen molar-refractivity contribution in [3.8, 4) is 0 Å². The summed E-state index contributed by atoms with van der Waals surface area (Å²) < 4.78 is 50.5. The van der Waals surface area contributed by atoms with Crippen molar-refractivity contribution in [3.63, 3.8) is 0 Å².